The Morgan fingerprint density at radius 3 is 2.55 bits per heavy atom. The highest BCUT2D eigenvalue weighted by atomic mass is 16.5. The third kappa shape index (κ3) is 4.40. The van der Waals surface area contributed by atoms with Crippen LogP contribution in [0.3, 0.4) is 0 Å². The van der Waals surface area contributed by atoms with Gasteiger partial charge in [-0.05, 0) is 44.9 Å². The monoisotopic (exact) mass is 449 g/mol. The van der Waals surface area contributed by atoms with Gasteiger partial charge in [0.05, 0.1) is 20.6 Å². The number of nitrogens with zero attached hydrogens (tertiary/aromatic N) is 1. The third-order valence-corrected chi connectivity index (χ3v) is 5.94. The molecule has 4 rings (SSSR count). The van der Waals surface area contributed by atoms with Gasteiger partial charge in [-0.1, -0.05) is 30.3 Å². The molecule has 1 aromatic heterocycles. The quantitative estimate of drug-likeness (QED) is 0.621. The molecule has 174 valence electrons. The van der Waals surface area contributed by atoms with Crippen LogP contribution in [0.4, 0.5) is 0 Å². The van der Waals surface area contributed by atoms with Gasteiger partial charge in [-0.25, -0.2) is 0 Å². The molecule has 0 saturated carbocycles. The molecule has 0 spiro atoms. The van der Waals surface area contributed by atoms with E-state index in [0.717, 1.165) is 22.2 Å². The van der Waals surface area contributed by atoms with Crippen LogP contribution in [0.15, 0.2) is 42.5 Å². The van der Waals surface area contributed by atoms with Gasteiger partial charge < -0.3 is 24.7 Å². The largest absolute Gasteiger partial charge is 0.493 e. The molecule has 1 unspecified atom stereocenters. The molecule has 0 saturated heterocycles. The van der Waals surface area contributed by atoms with E-state index in [-0.39, 0.29) is 18.2 Å². The molecule has 0 bridgehead atoms. The van der Waals surface area contributed by atoms with E-state index in [9.17, 15) is 9.59 Å². The standard InChI is InChI=1S/C26H31N3O4/c1-26(2,3)28-25(31)23(18-10-8-12-21(32-4)24(18)33-5)29-14-13-17-16-9-6-7-11-19(16)27-20(17)15-22(29)30/h6-12,23,27H,13-15H2,1-5H3,(H,28,31). The maximum atomic E-state index is 13.6. The van der Waals surface area contributed by atoms with Crippen molar-refractivity contribution >= 4 is 22.7 Å². The van der Waals surface area contributed by atoms with Crippen molar-refractivity contribution in [1.29, 1.82) is 0 Å². The average Bonchev–Trinajstić information content (AvgIpc) is 3.03. The molecule has 2 heterocycles. The topological polar surface area (TPSA) is 83.7 Å². The van der Waals surface area contributed by atoms with Crippen LogP contribution in [0.1, 0.15) is 43.6 Å². The van der Waals surface area contributed by atoms with E-state index in [1.165, 1.54) is 0 Å². The number of hydrogen-bond donors (Lipinski definition) is 2. The number of aromatic nitrogens is 1. The summed E-state index contributed by atoms with van der Waals surface area (Å²) in [6.45, 7) is 6.18. The molecule has 1 atom stereocenters. The number of fused-ring (bicyclic) bond motifs is 3. The highest BCUT2D eigenvalue weighted by molar-refractivity contribution is 5.93. The maximum Gasteiger partial charge on any atom is 0.247 e. The van der Waals surface area contributed by atoms with Crippen LogP contribution in [0.25, 0.3) is 10.9 Å². The number of nitrogens with one attached hydrogen (secondary N) is 2. The Morgan fingerprint density at radius 1 is 1.09 bits per heavy atom. The number of carbonyl (C=O) groups is 2. The molecule has 0 fully saturated rings. The smallest absolute Gasteiger partial charge is 0.247 e. The Bertz CT molecular complexity index is 1190. The van der Waals surface area contributed by atoms with E-state index < -0.39 is 11.6 Å². The van der Waals surface area contributed by atoms with E-state index in [4.69, 9.17) is 9.47 Å². The zero-order valence-corrected chi connectivity index (χ0v) is 19.8. The number of para-hydroxylation sites is 2. The van der Waals surface area contributed by atoms with Crippen LogP contribution in [0.5, 0.6) is 11.5 Å². The summed E-state index contributed by atoms with van der Waals surface area (Å²) in [6, 6.07) is 12.6. The number of carbonyl (C=O) groups excluding carboxylic acids is 2. The summed E-state index contributed by atoms with van der Waals surface area (Å²) in [4.78, 5) is 32.2. The minimum absolute atomic E-state index is 0.112. The molecule has 0 aliphatic carbocycles. The summed E-state index contributed by atoms with van der Waals surface area (Å²) in [5.41, 5.74) is 3.21. The van der Waals surface area contributed by atoms with Gasteiger partial charge >= 0.3 is 0 Å². The van der Waals surface area contributed by atoms with Crippen LogP contribution in [0.2, 0.25) is 0 Å². The zero-order chi connectivity index (χ0) is 23.8. The number of aromatic amines is 1. The molecular weight excluding hydrogens is 418 g/mol. The Balaban J connectivity index is 1.77. The second-order valence-corrected chi connectivity index (χ2v) is 9.37. The zero-order valence-electron chi connectivity index (χ0n) is 19.8. The lowest BCUT2D eigenvalue weighted by molar-refractivity contribution is -0.140. The summed E-state index contributed by atoms with van der Waals surface area (Å²) in [5, 5.41) is 4.17. The van der Waals surface area contributed by atoms with Crippen molar-refractivity contribution in [3.8, 4) is 11.5 Å². The van der Waals surface area contributed by atoms with Crippen molar-refractivity contribution < 1.29 is 19.1 Å². The Kier molecular flexibility index (Phi) is 6.06. The minimum atomic E-state index is -0.850. The summed E-state index contributed by atoms with van der Waals surface area (Å²) >= 11 is 0. The van der Waals surface area contributed by atoms with Crippen molar-refractivity contribution in [2.45, 2.75) is 45.2 Å². The van der Waals surface area contributed by atoms with Gasteiger partial charge in [0.15, 0.2) is 11.5 Å². The Labute approximate surface area is 194 Å². The number of benzene rings is 2. The molecule has 2 aromatic carbocycles. The SMILES string of the molecule is COc1cccc(C(C(=O)NC(C)(C)C)N2CCc3c([nH]c4ccccc34)CC2=O)c1OC. The first kappa shape index (κ1) is 22.7. The van der Waals surface area contributed by atoms with E-state index in [1.54, 1.807) is 25.2 Å². The van der Waals surface area contributed by atoms with Crippen molar-refractivity contribution in [2.24, 2.45) is 0 Å². The van der Waals surface area contributed by atoms with E-state index >= 15 is 0 Å². The van der Waals surface area contributed by atoms with Gasteiger partial charge in [-0.2, -0.15) is 0 Å². The molecule has 33 heavy (non-hydrogen) atoms. The normalized spacial score (nSPS) is 15.1. The van der Waals surface area contributed by atoms with Gasteiger partial charge in [0.25, 0.3) is 0 Å². The van der Waals surface area contributed by atoms with Gasteiger partial charge in [0.1, 0.15) is 6.04 Å². The van der Waals surface area contributed by atoms with Crippen molar-refractivity contribution in [3.05, 3.63) is 59.3 Å². The highest BCUT2D eigenvalue weighted by Crippen LogP contribution is 2.38. The number of H-pyrrole nitrogens is 1. The predicted octanol–water partition coefficient (Wildman–Crippen LogP) is 3.77. The fourth-order valence-electron chi connectivity index (χ4n) is 4.59. The first-order chi connectivity index (χ1) is 15.7. The molecule has 2 N–H and O–H groups in total. The average molecular weight is 450 g/mol. The van der Waals surface area contributed by atoms with Crippen LogP contribution in [-0.2, 0) is 22.4 Å². The molecule has 1 aliphatic heterocycles. The molecular formula is C26H31N3O4. The van der Waals surface area contributed by atoms with Crippen LogP contribution in [-0.4, -0.2) is 48.0 Å². The van der Waals surface area contributed by atoms with E-state index in [1.807, 2.05) is 51.1 Å². The summed E-state index contributed by atoms with van der Waals surface area (Å²) < 4.78 is 11.1. The lowest BCUT2D eigenvalue weighted by atomic mass is 9.99. The second kappa shape index (κ2) is 8.81. The third-order valence-electron chi connectivity index (χ3n) is 5.94. The van der Waals surface area contributed by atoms with Gasteiger partial charge in [-0.3, -0.25) is 9.59 Å². The van der Waals surface area contributed by atoms with Crippen molar-refractivity contribution in [2.75, 3.05) is 20.8 Å². The number of rotatable bonds is 5. The molecule has 0 radical (unpaired) electrons. The fourth-order valence-corrected chi connectivity index (χ4v) is 4.59. The number of methoxy groups -OCH3 is 2. The minimum Gasteiger partial charge on any atom is -0.493 e. The number of ether oxygens (including phenoxy) is 2. The van der Waals surface area contributed by atoms with Crippen LogP contribution >= 0.6 is 0 Å². The molecule has 3 aromatic rings. The predicted molar refractivity (Wildman–Crippen MR) is 128 cm³/mol. The lowest BCUT2D eigenvalue weighted by Crippen LogP contribution is -2.49. The molecule has 7 heteroatoms. The van der Waals surface area contributed by atoms with Crippen LogP contribution in [0, 0.1) is 0 Å². The summed E-state index contributed by atoms with van der Waals surface area (Å²) in [5.74, 6) is 0.606. The van der Waals surface area contributed by atoms with Crippen LogP contribution < -0.4 is 14.8 Å². The molecule has 2 amide bonds. The summed E-state index contributed by atoms with van der Waals surface area (Å²) in [7, 11) is 3.10. The fraction of sp³-hybridized carbons (Fsp3) is 0.385. The second-order valence-electron chi connectivity index (χ2n) is 9.37. The maximum absolute atomic E-state index is 13.6. The highest BCUT2D eigenvalue weighted by Gasteiger charge is 2.37. The van der Waals surface area contributed by atoms with E-state index in [2.05, 4.69) is 16.4 Å². The first-order valence-corrected chi connectivity index (χ1v) is 11.1. The van der Waals surface area contributed by atoms with Gasteiger partial charge in [0, 0.05) is 34.2 Å². The van der Waals surface area contributed by atoms with Crippen molar-refractivity contribution in [1.82, 2.24) is 15.2 Å². The van der Waals surface area contributed by atoms with Gasteiger partial charge in [-0.15, -0.1) is 0 Å². The van der Waals surface area contributed by atoms with Gasteiger partial charge in [0.2, 0.25) is 11.8 Å². The first-order valence-electron chi connectivity index (χ1n) is 11.1. The molecule has 1 aliphatic rings. The number of amides is 2. The number of hydrogen-bond acceptors (Lipinski definition) is 4. The molecule has 7 nitrogen and oxygen atoms in total. The van der Waals surface area contributed by atoms with E-state index in [0.29, 0.717) is 30.0 Å². The summed E-state index contributed by atoms with van der Waals surface area (Å²) in [6.07, 6.45) is 0.853. The Hall–Kier alpha value is -3.48. The lowest BCUT2D eigenvalue weighted by Gasteiger charge is -2.33. The Morgan fingerprint density at radius 2 is 1.85 bits per heavy atom. The van der Waals surface area contributed by atoms with Crippen molar-refractivity contribution in [3.63, 3.8) is 0 Å².